The SMILES string of the molecule is CC(C)OC(=O)CN1C(=O)[C@@H]2[C@H]3C[C@H]([C@H]4Sc5[nH]c(=O)sc5C(C)(C)[C@H]34)[C@@H]2C1=O. The maximum Gasteiger partial charge on any atom is 0.326 e. The standard InChI is InChI=1S/C20H24N2O5S2/c1-7(2)27-10(23)6-22-17(24)11-8-5-9(12(11)18(22)25)14-13(8)20(3,4)15-16(28-14)21-19(26)29-15/h7-9,11-14H,5-6H2,1-4H3,(H,21,26)/t8-,9+,11-,12+,13-,14-/m1/s1. The van der Waals surface area contributed by atoms with Gasteiger partial charge in [0, 0.05) is 15.5 Å². The number of hydrogen-bond donors (Lipinski definition) is 1. The number of likely N-dealkylation sites (tertiary alicyclic amines) is 1. The molecule has 156 valence electrons. The summed E-state index contributed by atoms with van der Waals surface area (Å²) in [4.78, 5) is 55.5. The molecule has 3 heterocycles. The van der Waals surface area contributed by atoms with Crippen LogP contribution < -0.4 is 4.87 Å². The number of nitrogens with zero attached hydrogens (tertiary/aromatic N) is 1. The van der Waals surface area contributed by atoms with Crippen molar-refractivity contribution in [3.63, 3.8) is 0 Å². The van der Waals surface area contributed by atoms with Crippen LogP contribution in [0.5, 0.6) is 0 Å². The molecule has 29 heavy (non-hydrogen) atoms. The van der Waals surface area contributed by atoms with Crippen molar-refractivity contribution in [2.24, 2.45) is 29.6 Å². The van der Waals surface area contributed by atoms with Crippen LogP contribution >= 0.6 is 23.1 Å². The average Bonchev–Trinajstić information content (AvgIpc) is 3.32. The summed E-state index contributed by atoms with van der Waals surface area (Å²) in [6.07, 6.45) is 0.578. The van der Waals surface area contributed by atoms with Crippen LogP contribution in [0.25, 0.3) is 0 Å². The van der Waals surface area contributed by atoms with E-state index >= 15 is 0 Å². The van der Waals surface area contributed by atoms with Gasteiger partial charge < -0.3 is 9.72 Å². The van der Waals surface area contributed by atoms with Crippen LogP contribution in [0.2, 0.25) is 0 Å². The van der Waals surface area contributed by atoms with E-state index in [9.17, 15) is 19.2 Å². The Labute approximate surface area is 176 Å². The number of imide groups is 1. The van der Waals surface area contributed by atoms with E-state index in [-0.39, 0.29) is 69.6 Å². The zero-order valence-electron chi connectivity index (χ0n) is 16.8. The van der Waals surface area contributed by atoms with Gasteiger partial charge in [-0.15, -0.1) is 11.8 Å². The van der Waals surface area contributed by atoms with Crippen LogP contribution in [0.1, 0.15) is 39.0 Å². The van der Waals surface area contributed by atoms with Crippen molar-refractivity contribution in [3.05, 3.63) is 14.5 Å². The van der Waals surface area contributed by atoms with Gasteiger partial charge in [-0.3, -0.25) is 24.1 Å². The Hall–Kier alpha value is -1.61. The zero-order chi connectivity index (χ0) is 20.8. The van der Waals surface area contributed by atoms with E-state index in [0.29, 0.717) is 0 Å². The number of H-pyrrole nitrogens is 1. The fourth-order valence-electron chi connectivity index (χ4n) is 6.30. The maximum atomic E-state index is 13.2. The molecule has 1 aromatic heterocycles. The highest BCUT2D eigenvalue weighted by Crippen LogP contribution is 2.68. The topological polar surface area (TPSA) is 96.5 Å². The molecule has 2 aliphatic heterocycles. The number of hydrogen-bond acceptors (Lipinski definition) is 7. The highest BCUT2D eigenvalue weighted by Gasteiger charge is 2.70. The molecule has 4 aliphatic rings. The van der Waals surface area contributed by atoms with Gasteiger partial charge in [0.25, 0.3) is 0 Å². The van der Waals surface area contributed by atoms with Crippen molar-refractivity contribution in [2.75, 3.05) is 6.54 Å². The number of fused-ring (bicyclic) bond motifs is 9. The summed E-state index contributed by atoms with van der Waals surface area (Å²) < 4.78 is 5.15. The van der Waals surface area contributed by atoms with Gasteiger partial charge in [0.15, 0.2) is 0 Å². The van der Waals surface area contributed by atoms with E-state index in [2.05, 4.69) is 18.8 Å². The lowest BCUT2D eigenvalue weighted by atomic mass is 9.64. The van der Waals surface area contributed by atoms with E-state index in [1.54, 1.807) is 25.6 Å². The Morgan fingerprint density at radius 3 is 2.52 bits per heavy atom. The third-order valence-corrected chi connectivity index (χ3v) is 9.94. The van der Waals surface area contributed by atoms with Crippen molar-refractivity contribution in [2.45, 2.75) is 55.9 Å². The number of carbonyl (C=O) groups is 3. The smallest absolute Gasteiger partial charge is 0.326 e. The molecule has 1 aromatic rings. The van der Waals surface area contributed by atoms with Crippen molar-refractivity contribution >= 4 is 40.9 Å². The van der Waals surface area contributed by atoms with E-state index in [1.807, 2.05) is 0 Å². The number of rotatable bonds is 3. The van der Waals surface area contributed by atoms with Crippen LogP contribution in [0.3, 0.4) is 0 Å². The van der Waals surface area contributed by atoms with Gasteiger partial charge in [-0.05, 0) is 38.0 Å². The molecule has 2 aliphatic carbocycles. The van der Waals surface area contributed by atoms with Crippen molar-refractivity contribution < 1.29 is 19.1 Å². The molecule has 0 aromatic carbocycles. The summed E-state index contributed by atoms with van der Waals surface area (Å²) in [7, 11) is 0. The minimum atomic E-state index is -0.541. The maximum absolute atomic E-state index is 13.2. The molecule has 5 rings (SSSR count). The largest absolute Gasteiger partial charge is 0.462 e. The summed E-state index contributed by atoms with van der Waals surface area (Å²) in [6.45, 7) is 7.50. The molecule has 2 saturated carbocycles. The second-order valence-electron chi connectivity index (χ2n) is 9.42. The third kappa shape index (κ3) is 2.55. The summed E-state index contributed by atoms with van der Waals surface area (Å²) >= 11 is 2.93. The molecular formula is C20H24N2O5S2. The molecule has 0 spiro atoms. The Balaban J connectivity index is 1.46. The molecule has 2 amide bonds. The molecule has 6 atom stereocenters. The molecule has 0 radical (unpaired) electrons. The van der Waals surface area contributed by atoms with E-state index < -0.39 is 5.97 Å². The quantitative estimate of drug-likeness (QED) is 0.575. The first kappa shape index (κ1) is 19.4. The molecule has 1 saturated heterocycles. The number of ether oxygens (including phenoxy) is 1. The number of thiazole rings is 1. The molecule has 2 bridgehead atoms. The number of carbonyl (C=O) groups excluding carboxylic acids is 3. The summed E-state index contributed by atoms with van der Waals surface area (Å²) in [5, 5.41) is 1.12. The Morgan fingerprint density at radius 2 is 1.86 bits per heavy atom. The normalized spacial score (nSPS) is 36.4. The first-order valence-electron chi connectivity index (χ1n) is 10.1. The first-order chi connectivity index (χ1) is 13.6. The van der Waals surface area contributed by atoms with Crippen molar-refractivity contribution in [1.29, 1.82) is 0 Å². The Morgan fingerprint density at radius 1 is 1.21 bits per heavy atom. The highest BCUT2D eigenvalue weighted by atomic mass is 32.2. The van der Waals surface area contributed by atoms with Crippen LogP contribution in [0.15, 0.2) is 9.82 Å². The minimum Gasteiger partial charge on any atom is -0.462 e. The van der Waals surface area contributed by atoms with Crippen LogP contribution in [0.4, 0.5) is 0 Å². The molecule has 3 fully saturated rings. The van der Waals surface area contributed by atoms with Gasteiger partial charge in [-0.1, -0.05) is 25.2 Å². The predicted octanol–water partition coefficient (Wildman–Crippen LogP) is 2.01. The number of amides is 2. The van der Waals surface area contributed by atoms with Gasteiger partial charge in [-0.25, -0.2) is 0 Å². The van der Waals surface area contributed by atoms with E-state index in [1.165, 1.54) is 11.3 Å². The van der Waals surface area contributed by atoms with Gasteiger partial charge in [0.05, 0.1) is 23.0 Å². The van der Waals surface area contributed by atoms with Gasteiger partial charge in [0.1, 0.15) is 6.54 Å². The molecule has 1 N–H and O–H groups in total. The molecular weight excluding hydrogens is 412 g/mol. The number of thioether (sulfide) groups is 1. The van der Waals surface area contributed by atoms with E-state index in [0.717, 1.165) is 21.2 Å². The van der Waals surface area contributed by atoms with Gasteiger partial charge in [0.2, 0.25) is 11.8 Å². The second-order valence-corrected chi connectivity index (χ2v) is 11.6. The number of aromatic amines is 1. The lowest BCUT2D eigenvalue weighted by Gasteiger charge is -2.47. The lowest BCUT2D eigenvalue weighted by Crippen LogP contribution is -2.48. The van der Waals surface area contributed by atoms with E-state index in [4.69, 9.17) is 4.74 Å². The van der Waals surface area contributed by atoms with Crippen LogP contribution in [-0.2, 0) is 24.5 Å². The molecule has 7 nitrogen and oxygen atoms in total. The number of nitrogens with one attached hydrogen (secondary N) is 1. The second kappa shape index (κ2) is 6.20. The lowest BCUT2D eigenvalue weighted by molar-refractivity contribution is -0.155. The number of aromatic nitrogens is 1. The zero-order valence-corrected chi connectivity index (χ0v) is 18.4. The van der Waals surface area contributed by atoms with Crippen LogP contribution in [-0.4, -0.2) is 45.6 Å². The van der Waals surface area contributed by atoms with Gasteiger partial charge in [-0.2, -0.15) is 0 Å². The first-order valence-corrected chi connectivity index (χ1v) is 11.8. The summed E-state index contributed by atoms with van der Waals surface area (Å²) in [5.41, 5.74) is -0.229. The monoisotopic (exact) mass is 436 g/mol. The average molecular weight is 437 g/mol. The summed E-state index contributed by atoms with van der Waals surface area (Å²) in [5.74, 6) is -1.26. The molecule has 0 unspecified atom stereocenters. The van der Waals surface area contributed by atoms with Crippen LogP contribution in [0, 0.1) is 29.6 Å². The van der Waals surface area contributed by atoms with Crippen molar-refractivity contribution in [3.8, 4) is 0 Å². The van der Waals surface area contributed by atoms with Crippen molar-refractivity contribution in [1.82, 2.24) is 9.88 Å². The minimum absolute atomic E-state index is 0.0508. The third-order valence-electron chi connectivity index (χ3n) is 7.14. The van der Waals surface area contributed by atoms with Gasteiger partial charge >= 0.3 is 10.8 Å². The fraction of sp³-hybridized carbons (Fsp3) is 0.700. The highest BCUT2D eigenvalue weighted by molar-refractivity contribution is 8.00. The fourth-order valence-corrected chi connectivity index (χ4v) is 9.45. The number of esters is 1. The predicted molar refractivity (Wildman–Crippen MR) is 108 cm³/mol. The Bertz CT molecular complexity index is 980. The Kier molecular flexibility index (Phi) is 4.14. The molecule has 9 heteroatoms. The summed E-state index contributed by atoms with van der Waals surface area (Å²) in [6, 6.07) is 0.